The van der Waals surface area contributed by atoms with Crippen LogP contribution in [0.5, 0.6) is 0 Å². The Hall–Kier alpha value is -4.83. The molecule has 1 aromatic carbocycles. The standard InChI is InChI=1S/C33H33N9O/c1-2-30(43)40-19-21-6-8-22(40)18-28(21)37-26-11-7-20-17-23(9-10-24(20)26)42-32(25-5-3-14-35-31(25)34)38-27-12-13-29(39-33(27)42)41-16-4-15-36-41/h2-5,9-10,12-17,21-22,26,28,37H,1,6-8,11,18-19H2,(H2,34,35)/t21?,22-,26-,28?/m0/s1. The number of anilines is 1. The van der Waals surface area contributed by atoms with Crippen molar-refractivity contribution in [1.29, 1.82) is 0 Å². The van der Waals surface area contributed by atoms with Crippen LogP contribution in [-0.2, 0) is 11.2 Å². The largest absolute Gasteiger partial charge is 0.383 e. The highest BCUT2D eigenvalue weighted by atomic mass is 16.2. The number of benzene rings is 1. The van der Waals surface area contributed by atoms with Crippen molar-refractivity contribution < 1.29 is 4.79 Å². The van der Waals surface area contributed by atoms with E-state index in [9.17, 15) is 4.79 Å². The predicted octanol–water partition coefficient (Wildman–Crippen LogP) is 4.39. The van der Waals surface area contributed by atoms with E-state index in [1.807, 2.05) is 41.4 Å². The average Bonchev–Trinajstić information content (AvgIpc) is 3.80. The summed E-state index contributed by atoms with van der Waals surface area (Å²) < 4.78 is 3.83. The Morgan fingerprint density at radius 3 is 2.79 bits per heavy atom. The van der Waals surface area contributed by atoms with Gasteiger partial charge in [-0.1, -0.05) is 12.6 Å². The Labute approximate surface area is 249 Å². The number of nitrogen functional groups attached to an aromatic ring is 1. The van der Waals surface area contributed by atoms with Crippen molar-refractivity contribution in [2.24, 2.45) is 5.92 Å². The van der Waals surface area contributed by atoms with E-state index in [-0.39, 0.29) is 5.91 Å². The lowest BCUT2D eigenvalue weighted by molar-refractivity contribution is -0.134. The second-order valence-electron chi connectivity index (χ2n) is 11.8. The molecule has 1 amide bonds. The highest BCUT2D eigenvalue weighted by molar-refractivity contribution is 5.87. The van der Waals surface area contributed by atoms with Crippen LogP contribution in [0.15, 0.2) is 79.8 Å². The van der Waals surface area contributed by atoms with E-state index in [2.05, 4.69) is 44.7 Å². The normalized spacial score (nSPS) is 22.7. The Bertz CT molecular complexity index is 1860. The topological polar surface area (TPSA) is 120 Å². The number of nitrogens with two attached hydrogens (primary N) is 1. The van der Waals surface area contributed by atoms with E-state index < -0.39 is 0 Å². The van der Waals surface area contributed by atoms with E-state index in [1.165, 1.54) is 23.6 Å². The van der Waals surface area contributed by atoms with Crippen LogP contribution < -0.4 is 11.1 Å². The summed E-state index contributed by atoms with van der Waals surface area (Å²) in [6, 6.07) is 17.3. The lowest BCUT2D eigenvalue weighted by Crippen LogP contribution is -2.59. The molecule has 0 radical (unpaired) electrons. The lowest BCUT2D eigenvalue weighted by Gasteiger charge is -2.50. The third kappa shape index (κ3) is 4.32. The molecule has 4 atom stereocenters. The minimum absolute atomic E-state index is 0.0672. The van der Waals surface area contributed by atoms with Crippen LogP contribution in [-0.4, -0.2) is 58.7 Å². The number of piperidine rings is 2. The Morgan fingerprint density at radius 1 is 1.07 bits per heavy atom. The third-order valence-electron chi connectivity index (χ3n) is 9.48. The summed E-state index contributed by atoms with van der Waals surface area (Å²) in [5.41, 5.74) is 12.3. The molecule has 2 saturated heterocycles. The first-order valence-corrected chi connectivity index (χ1v) is 15.0. The van der Waals surface area contributed by atoms with Crippen molar-refractivity contribution in [1.82, 2.24) is 39.5 Å². The van der Waals surface area contributed by atoms with Crippen LogP contribution in [0.2, 0.25) is 0 Å². The van der Waals surface area contributed by atoms with Crippen LogP contribution in [0, 0.1) is 5.92 Å². The number of hydrogen-bond donors (Lipinski definition) is 2. The number of nitrogens with one attached hydrogen (secondary N) is 1. The maximum absolute atomic E-state index is 12.4. The van der Waals surface area contributed by atoms with Gasteiger partial charge in [0, 0.05) is 48.9 Å². The second kappa shape index (κ2) is 10.2. The molecule has 9 rings (SSSR count). The zero-order valence-electron chi connectivity index (χ0n) is 23.8. The third-order valence-corrected chi connectivity index (χ3v) is 9.48. The SMILES string of the molecule is C=CC(=O)N1CC2CC[C@H]1CC2N[C@H]1CCc2cc(-n3c(-c4cccnc4N)nc4ccc(-n5cccn5)nc43)ccc21. The minimum Gasteiger partial charge on any atom is -0.383 e. The zero-order valence-corrected chi connectivity index (χ0v) is 23.8. The summed E-state index contributed by atoms with van der Waals surface area (Å²) in [6.07, 6.45) is 12.1. The molecule has 3 fully saturated rings. The molecule has 4 aliphatic rings. The summed E-state index contributed by atoms with van der Waals surface area (Å²) in [7, 11) is 0. The van der Waals surface area contributed by atoms with Gasteiger partial charge < -0.3 is 16.0 Å². The van der Waals surface area contributed by atoms with Gasteiger partial charge in [0.1, 0.15) is 11.3 Å². The Kier molecular flexibility index (Phi) is 6.11. The van der Waals surface area contributed by atoms with Gasteiger partial charge in [-0.05, 0) is 97.7 Å². The van der Waals surface area contributed by atoms with Gasteiger partial charge in [0.2, 0.25) is 5.91 Å². The summed E-state index contributed by atoms with van der Waals surface area (Å²) in [6.45, 7) is 4.53. The highest BCUT2D eigenvalue weighted by Gasteiger charge is 2.42. The molecule has 3 N–H and O–H groups in total. The number of aryl methyl sites for hydroxylation is 1. The highest BCUT2D eigenvalue weighted by Crippen LogP contribution is 2.40. The number of nitrogens with zero attached hydrogens (tertiary/aromatic N) is 7. The molecule has 0 spiro atoms. The number of carbonyl (C=O) groups excluding carboxylic acids is 1. The lowest BCUT2D eigenvalue weighted by atomic mass is 9.75. The molecule has 2 aliphatic heterocycles. The van der Waals surface area contributed by atoms with Gasteiger partial charge in [-0.15, -0.1) is 0 Å². The maximum Gasteiger partial charge on any atom is 0.246 e. The number of hydrogen-bond acceptors (Lipinski definition) is 7. The number of pyridine rings is 2. The first-order valence-electron chi connectivity index (χ1n) is 15.0. The summed E-state index contributed by atoms with van der Waals surface area (Å²) in [4.78, 5) is 28.7. The molecule has 4 aromatic heterocycles. The maximum atomic E-state index is 12.4. The summed E-state index contributed by atoms with van der Waals surface area (Å²) >= 11 is 0. The van der Waals surface area contributed by atoms with Gasteiger partial charge in [0.05, 0.1) is 5.56 Å². The fraction of sp³-hybridized carbons (Fsp3) is 0.303. The van der Waals surface area contributed by atoms with Crippen molar-refractivity contribution >= 4 is 22.9 Å². The van der Waals surface area contributed by atoms with Crippen LogP contribution in [0.3, 0.4) is 0 Å². The van der Waals surface area contributed by atoms with Crippen LogP contribution in [0.25, 0.3) is 34.1 Å². The molecule has 10 nitrogen and oxygen atoms in total. The van der Waals surface area contributed by atoms with E-state index in [0.29, 0.717) is 41.5 Å². The van der Waals surface area contributed by atoms with Crippen molar-refractivity contribution in [3.63, 3.8) is 0 Å². The van der Waals surface area contributed by atoms with Gasteiger partial charge >= 0.3 is 0 Å². The van der Waals surface area contributed by atoms with Crippen LogP contribution >= 0.6 is 0 Å². The van der Waals surface area contributed by atoms with Crippen molar-refractivity contribution in [3.05, 3.63) is 90.9 Å². The Balaban J connectivity index is 1.14. The van der Waals surface area contributed by atoms with E-state index in [4.69, 9.17) is 15.7 Å². The monoisotopic (exact) mass is 571 g/mol. The van der Waals surface area contributed by atoms with Crippen LogP contribution in [0.4, 0.5) is 5.82 Å². The van der Waals surface area contributed by atoms with E-state index >= 15 is 0 Å². The fourth-order valence-electron chi connectivity index (χ4n) is 7.39. The second-order valence-corrected chi connectivity index (χ2v) is 11.8. The molecule has 5 aromatic rings. The number of aromatic nitrogens is 6. The first-order chi connectivity index (χ1) is 21.1. The van der Waals surface area contributed by atoms with Gasteiger partial charge in [0.25, 0.3) is 0 Å². The molecular formula is C33H33N9O. The van der Waals surface area contributed by atoms with Gasteiger partial charge in [0.15, 0.2) is 17.3 Å². The number of rotatable bonds is 6. The number of carbonyl (C=O) groups is 1. The molecule has 2 bridgehead atoms. The first kappa shape index (κ1) is 25.8. The average molecular weight is 572 g/mol. The molecule has 2 aliphatic carbocycles. The molecular weight excluding hydrogens is 538 g/mol. The van der Waals surface area contributed by atoms with Crippen molar-refractivity contribution in [3.8, 4) is 22.9 Å². The molecule has 10 heteroatoms. The molecule has 6 heterocycles. The molecule has 1 saturated carbocycles. The van der Waals surface area contributed by atoms with Gasteiger partial charge in [-0.3, -0.25) is 9.36 Å². The quantitative estimate of drug-likeness (QED) is 0.290. The fourth-order valence-corrected chi connectivity index (χ4v) is 7.39. The number of amides is 1. The smallest absolute Gasteiger partial charge is 0.246 e. The van der Waals surface area contributed by atoms with Gasteiger partial charge in [-0.2, -0.15) is 5.10 Å². The number of imidazole rings is 1. The summed E-state index contributed by atoms with van der Waals surface area (Å²) in [5.74, 6) is 2.39. The van der Waals surface area contributed by atoms with Crippen molar-refractivity contribution in [2.45, 2.75) is 50.2 Å². The number of fused-ring (bicyclic) bond motifs is 5. The predicted molar refractivity (Wildman–Crippen MR) is 165 cm³/mol. The van der Waals surface area contributed by atoms with E-state index in [1.54, 1.807) is 17.1 Å². The molecule has 2 unspecified atom stereocenters. The molecule has 216 valence electrons. The Morgan fingerprint density at radius 2 is 2.00 bits per heavy atom. The minimum atomic E-state index is 0.0672. The van der Waals surface area contributed by atoms with Crippen LogP contribution in [0.1, 0.15) is 42.9 Å². The van der Waals surface area contributed by atoms with Crippen molar-refractivity contribution in [2.75, 3.05) is 12.3 Å². The van der Waals surface area contributed by atoms with Gasteiger partial charge in [-0.25, -0.2) is 19.6 Å². The summed E-state index contributed by atoms with van der Waals surface area (Å²) in [5, 5.41) is 8.38. The molecule has 43 heavy (non-hydrogen) atoms. The zero-order chi connectivity index (χ0) is 29.1. The van der Waals surface area contributed by atoms with E-state index in [0.717, 1.165) is 54.6 Å².